The molecule has 1 amide bonds. The van der Waals surface area contributed by atoms with E-state index in [4.69, 9.17) is 5.53 Å². The van der Waals surface area contributed by atoms with E-state index >= 15 is 0 Å². The molecule has 1 fully saturated rings. The Morgan fingerprint density at radius 1 is 1.40 bits per heavy atom. The number of amides is 1. The summed E-state index contributed by atoms with van der Waals surface area (Å²) in [4.78, 5) is 27.2. The summed E-state index contributed by atoms with van der Waals surface area (Å²) in [6.07, 6.45) is 1.83. The molecule has 1 aromatic rings. The van der Waals surface area contributed by atoms with E-state index in [1.807, 2.05) is 0 Å². The molecule has 7 heteroatoms. The molecule has 0 spiro atoms. The maximum Gasteiger partial charge on any atom is 0.386 e. The van der Waals surface area contributed by atoms with Crippen LogP contribution in [0.25, 0.3) is 5.53 Å². The molecule has 20 heavy (non-hydrogen) atoms. The zero-order valence-corrected chi connectivity index (χ0v) is 11.1. The summed E-state index contributed by atoms with van der Waals surface area (Å²) < 4.78 is 0. The van der Waals surface area contributed by atoms with Crippen LogP contribution in [0.3, 0.4) is 0 Å². The van der Waals surface area contributed by atoms with Crippen LogP contribution in [0.5, 0.6) is 0 Å². The summed E-state index contributed by atoms with van der Waals surface area (Å²) in [6.45, 7) is 2.84. The molecule has 0 radical (unpaired) electrons. The van der Waals surface area contributed by atoms with Gasteiger partial charge in [0, 0.05) is 24.7 Å². The molecule has 0 aliphatic carbocycles. The van der Waals surface area contributed by atoms with Gasteiger partial charge in [-0.1, -0.05) is 6.07 Å². The fraction of sp³-hybridized carbons (Fsp3) is 0.385. The van der Waals surface area contributed by atoms with E-state index in [9.17, 15) is 14.9 Å². The lowest BCUT2D eigenvalue weighted by molar-refractivity contribution is -0.385. The summed E-state index contributed by atoms with van der Waals surface area (Å²) in [5, 5.41) is 10.9. The molecule has 1 aliphatic heterocycles. The van der Waals surface area contributed by atoms with E-state index in [0.29, 0.717) is 18.7 Å². The predicted octanol–water partition coefficient (Wildman–Crippen LogP) is 1.54. The highest BCUT2D eigenvalue weighted by Gasteiger charge is 2.31. The molecule has 0 unspecified atom stereocenters. The maximum absolute atomic E-state index is 12.2. The van der Waals surface area contributed by atoms with Crippen LogP contribution in [-0.4, -0.2) is 39.3 Å². The Morgan fingerprint density at radius 3 is 2.60 bits per heavy atom. The minimum Gasteiger partial charge on any atom is -0.361 e. The van der Waals surface area contributed by atoms with Gasteiger partial charge in [0.05, 0.1) is 10.5 Å². The van der Waals surface area contributed by atoms with Crippen molar-refractivity contribution in [3.63, 3.8) is 0 Å². The fourth-order valence-corrected chi connectivity index (χ4v) is 2.25. The Morgan fingerprint density at radius 2 is 2.05 bits per heavy atom. The summed E-state index contributed by atoms with van der Waals surface area (Å²) in [5.41, 5.74) is 9.57. The largest absolute Gasteiger partial charge is 0.386 e. The number of likely N-dealkylation sites (tertiary alicyclic amines) is 1. The second kappa shape index (κ2) is 5.63. The molecule has 1 heterocycles. The lowest BCUT2D eigenvalue weighted by Crippen LogP contribution is -2.35. The SMILES string of the molecule is Cc1ccc(C(=[N+]=[N-])C(=O)N2CCCC2)cc1[N+](=O)[O-]. The van der Waals surface area contributed by atoms with Gasteiger partial charge in [0.1, 0.15) is 0 Å². The molecule has 1 saturated heterocycles. The minimum atomic E-state index is -0.520. The van der Waals surface area contributed by atoms with E-state index in [0.717, 1.165) is 12.8 Å². The fourth-order valence-electron chi connectivity index (χ4n) is 2.25. The van der Waals surface area contributed by atoms with Crippen LogP contribution < -0.4 is 0 Å². The van der Waals surface area contributed by atoms with Crippen LogP contribution in [0.4, 0.5) is 5.69 Å². The smallest absolute Gasteiger partial charge is 0.361 e. The third-order valence-electron chi connectivity index (χ3n) is 3.38. The molecule has 0 bridgehead atoms. The van der Waals surface area contributed by atoms with Crippen LogP contribution in [0.1, 0.15) is 24.0 Å². The van der Waals surface area contributed by atoms with Crippen LogP contribution in [0, 0.1) is 17.0 Å². The number of nitro groups is 1. The van der Waals surface area contributed by atoms with Gasteiger partial charge >= 0.3 is 11.6 Å². The van der Waals surface area contributed by atoms with Gasteiger partial charge in [0.25, 0.3) is 5.69 Å². The van der Waals surface area contributed by atoms with Crippen molar-refractivity contribution in [2.75, 3.05) is 13.1 Å². The number of nitro benzene ring substituents is 1. The topological polar surface area (TPSA) is 99.9 Å². The van der Waals surface area contributed by atoms with E-state index in [2.05, 4.69) is 4.79 Å². The van der Waals surface area contributed by atoms with E-state index in [-0.39, 0.29) is 17.0 Å². The standard InChI is InChI=1S/C13H14N4O3/c1-9-4-5-10(8-11(9)17(19)20)12(15-14)13(18)16-6-2-3-7-16/h4-5,8H,2-3,6-7H2,1H3. The molecular weight excluding hydrogens is 260 g/mol. The Bertz CT molecular complexity index is 614. The minimum absolute atomic E-state index is 0.0992. The highest BCUT2D eigenvalue weighted by atomic mass is 16.6. The summed E-state index contributed by atoms with van der Waals surface area (Å²) in [6, 6.07) is 4.35. The molecule has 104 valence electrons. The first-order valence-corrected chi connectivity index (χ1v) is 6.31. The van der Waals surface area contributed by atoms with Gasteiger partial charge in [0.15, 0.2) is 0 Å². The van der Waals surface area contributed by atoms with Crippen LogP contribution in [-0.2, 0) is 4.79 Å². The Kier molecular flexibility index (Phi) is 3.91. The van der Waals surface area contributed by atoms with Crippen molar-refractivity contribution < 1.29 is 14.5 Å². The zero-order valence-electron chi connectivity index (χ0n) is 11.1. The molecule has 2 rings (SSSR count). The van der Waals surface area contributed by atoms with Gasteiger partial charge in [-0.3, -0.25) is 14.9 Å². The highest BCUT2D eigenvalue weighted by Crippen LogP contribution is 2.20. The van der Waals surface area contributed by atoms with E-state index in [1.165, 1.54) is 12.1 Å². The molecule has 0 N–H and O–H groups in total. The second-order valence-electron chi connectivity index (χ2n) is 4.71. The summed E-state index contributed by atoms with van der Waals surface area (Å²) in [5.74, 6) is -0.400. The van der Waals surface area contributed by atoms with Crippen molar-refractivity contribution in [1.29, 1.82) is 0 Å². The van der Waals surface area contributed by atoms with Gasteiger partial charge < -0.3 is 10.4 Å². The first-order chi connectivity index (χ1) is 9.54. The molecule has 1 aliphatic rings. The number of nitrogens with zero attached hydrogens (tertiary/aromatic N) is 4. The molecule has 7 nitrogen and oxygen atoms in total. The maximum atomic E-state index is 12.2. The van der Waals surface area contributed by atoms with Crippen molar-refractivity contribution >= 4 is 17.3 Å². The van der Waals surface area contributed by atoms with Crippen LogP contribution >= 0.6 is 0 Å². The number of carbonyl (C=O) groups excluding carboxylic acids is 1. The third kappa shape index (κ3) is 2.57. The van der Waals surface area contributed by atoms with Gasteiger partial charge in [-0.15, -0.1) is 0 Å². The van der Waals surface area contributed by atoms with Crippen molar-refractivity contribution in [3.8, 4) is 0 Å². The third-order valence-corrected chi connectivity index (χ3v) is 3.38. The van der Waals surface area contributed by atoms with E-state index in [1.54, 1.807) is 17.9 Å². The number of aryl methyl sites for hydroxylation is 1. The average molecular weight is 274 g/mol. The molecule has 1 aromatic carbocycles. The monoisotopic (exact) mass is 274 g/mol. The van der Waals surface area contributed by atoms with Gasteiger partial charge in [-0.25, -0.2) is 0 Å². The molecule has 0 aromatic heterocycles. The van der Waals surface area contributed by atoms with Crippen molar-refractivity contribution in [2.45, 2.75) is 19.8 Å². The first kappa shape index (κ1) is 13.9. The van der Waals surface area contributed by atoms with Crippen LogP contribution in [0.15, 0.2) is 18.2 Å². The molecule has 0 atom stereocenters. The quantitative estimate of drug-likeness (QED) is 0.275. The van der Waals surface area contributed by atoms with Crippen molar-refractivity contribution in [3.05, 3.63) is 45.0 Å². The molecule has 0 saturated carbocycles. The lowest BCUT2D eigenvalue weighted by atomic mass is 10.1. The zero-order chi connectivity index (χ0) is 14.7. The van der Waals surface area contributed by atoms with Crippen LogP contribution in [0.2, 0.25) is 0 Å². The van der Waals surface area contributed by atoms with Gasteiger partial charge in [-0.2, -0.15) is 4.79 Å². The normalized spacial score (nSPS) is 13.9. The number of hydrogen-bond acceptors (Lipinski definition) is 3. The summed E-state index contributed by atoms with van der Waals surface area (Å²) in [7, 11) is 0. The average Bonchev–Trinajstić information content (AvgIpc) is 2.94. The van der Waals surface area contributed by atoms with Crippen molar-refractivity contribution in [2.24, 2.45) is 0 Å². The number of rotatable bonds is 3. The van der Waals surface area contributed by atoms with Crippen molar-refractivity contribution in [1.82, 2.24) is 4.90 Å². The number of carbonyl (C=O) groups is 1. The molecular formula is C13H14N4O3. The Hall–Kier alpha value is -2.53. The first-order valence-electron chi connectivity index (χ1n) is 6.31. The van der Waals surface area contributed by atoms with Gasteiger partial charge in [-0.05, 0) is 25.8 Å². The highest BCUT2D eigenvalue weighted by molar-refractivity contribution is 6.43. The lowest BCUT2D eigenvalue weighted by Gasteiger charge is -2.11. The van der Waals surface area contributed by atoms with E-state index < -0.39 is 10.8 Å². The number of hydrogen-bond donors (Lipinski definition) is 0. The van der Waals surface area contributed by atoms with Gasteiger partial charge in [0.2, 0.25) is 0 Å². The Labute approximate surface area is 115 Å². The number of benzene rings is 1. The Balaban J connectivity index is 2.37. The summed E-state index contributed by atoms with van der Waals surface area (Å²) >= 11 is 0. The second-order valence-corrected chi connectivity index (χ2v) is 4.71. The predicted molar refractivity (Wildman–Crippen MR) is 71.4 cm³/mol.